The third-order valence-corrected chi connectivity index (χ3v) is 3.60. The Kier molecular flexibility index (Phi) is 4.68. The zero-order chi connectivity index (χ0) is 13.7. The summed E-state index contributed by atoms with van der Waals surface area (Å²) in [6.07, 6.45) is 3.09. The molecule has 0 aliphatic carbocycles. The number of thiophene rings is 1. The molecule has 19 heavy (non-hydrogen) atoms. The standard InChI is InChI=1S/C15H18N2OS/c1-12(2)16-14-7-3-4-10-17(14)15(18)9-8-13-6-5-11-19-13/h3-7,10-12H,8-9H2,1-2H3. The largest absolute Gasteiger partial charge is 0.274 e. The molecule has 0 aromatic carbocycles. The molecule has 3 nitrogen and oxygen atoms in total. The zero-order valence-electron chi connectivity index (χ0n) is 11.2. The first kappa shape index (κ1) is 13.7. The third-order valence-electron chi connectivity index (χ3n) is 2.66. The minimum Gasteiger partial charge on any atom is -0.274 e. The normalized spacial score (nSPS) is 12.1. The highest BCUT2D eigenvalue weighted by molar-refractivity contribution is 7.09. The molecule has 2 aromatic heterocycles. The van der Waals surface area contributed by atoms with E-state index in [0.717, 1.165) is 11.9 Å². The van der Waals surface area contributed by atoms with Crippen LogP contribution in [0.25, 0.3) is 0 Å². The fourth-order valence-electron chi connectivity index (χ4n) is 1.82. The van der Waals surface area contributed by atoms with Crippen molar-refractivity contribution in [2.75, 3.05) is 0 Å². The number of pyridine rings is 1. The number of nitrogens with zero attached hydrogens (tertiary/aromatic N) is 2. The minimum atomic E-state index is 0.0911. The SMILES string of the molecule is CC(C)N=c1ccccn1C(=O)CCc1cccs1. The zero-order valence-corrected chi connectivity index (χ0v) is 12.1. The Morgan fingerprint density at radius 1 is 1.32 bits per heavy atom. The Bertz CT molecular complexity index is 597. The molecule has 0 unspecified atom stereocenters. The molecule has 0 aliphatic heterocycles. The second kappa shape index (κ2) is 6.48. The monoisotopic (exact) mass is 274 g/mol. The predicted octanol–water partition coefficient (Wildman–Crippen LogP) is 3.13. The summed E-state index contributed by atoms with van der Waals surface area (Å²) in [5, 5.41) is 2.04. The number of aromatic nitrogens is 1. The van der Waals surface area contributed by atoms with Crippen molar-refractivity contribution in [1.82, 2.24) is 4.57 Å². The smallest absolute Gasteiger partial charge is 0.232 e. The number of carbonyl (C=O) groups excluding carboxylic acids is 1. The van der Waals surface area contributed by atoms with Gasteiger partial charge in [-0.25, -0.2) is 0 Å². The Morgan fingerprint density at radius 2 is 2.16 bits per heavy atom. The Balaban J connectivity index is 2.15. The topological polar surface area (TPSA) is 34.4 Å². The van der Waals surface area contributed by atoms with Crippen molar-refractivity contribution >= 4 is 17.2 Å². The molecule has 0 radical (unpaired) electrons. The molecule has 0 fully saturated rings. The highest BCUT2D eigenvalue weighted by atomic mass is 32.1. The molecule has 0 bridgehead atoms. The lowest BCUT2D eigenvalue weighted by Crippen LogP contribution is -2.27. The molecule has 100 valence electrons. The van der Waals surface area contributed by atoms with Crippen LogP contribution >= 0.6 is 11.3 Å². The van der Waals surface area contributed by atoms with Crippen LogP contribution in [0, 0.1) is 0 Å². The lowest BCUT2D eigenvalue weighted by molar-refractivity contribution is 0.0897. The van der Waals surface area contributed by atoms with Crippen molar-refractivity contribution in [2.45, 2.75) is 32.7 Å². The van der Waals surface area contributed by atoms with E-state index in [1.165, 1.54) is 4.88 Å². The third kappa shape index (κ3) is 3.89. The molecule has 0 N–H and O–H groups in total. The van der Waals surface area contributed by atoms with Gasteiger partial charge in [-0.05, 0) is 43.8 Å². The number of carbonyl (C=O) groups is 1. The Morgan fingerprint density at radius 3 is 2.84 bits per heavy atom. The average molecular weight is 274 g/mol. The maximum Gasteiger partial charge on any atom is 0.232 e. The van der Waals surface area contributed by atoms with Crippen LogP contribution < -0.4 is 5.49 Å². The first-order chi connectivity index (χ1) is 9.16. The Hall–Kier alpha value is -1.68. The summed E-state index contributed by atoms with van der Waals surface area (Å²) in [4.78, 5) is 18.0. The summed E-state index contributed by atoms with van der Waals surface area (Å²) >= 11 is 1.69. The Labute approximate surface area is 117 Å². The molecule has 4 heteroatoms. The fourth-order valence-corrected chi connectivity index (χ4v) is 2.53. The number of hydrogen-bond acceptors (Lipinski definition) is 3. The van der Waals surface area contributed by atoms with E-state index in [9.17, 15) is 4.79 Å². The van der Waals surface area contributed by atoms with E-state index in [4.69, 9.17) is 0 Å². The molecule has 2 heterocycles. The van der Waals surface area contributed by atoms with Crippen LogP contribution in [0.4, 0.5) is 0 Å². The van der Waals surface area contributed by atoms with Crippen LogP contribution in [0.2, 0.25) is 0 Å². The lowest BCUT2D eigenvalue weighted by atomic mass is 10.2. The van der Waals surface area contributed by atoms with Gasteiger partial charge in [-0.15, -0.1) is 11.3 Å². The van der Waals surface area contributed by atoms with Gasteiger partial charge < -0.3 is 0 Å². The van der Waals surface area contributed by atoms with Crippen molar-refractivity contribution in [3.63, 3.8) is 0 Å². The van der Waals surface area contributed by atoms with Crippen LogP contribution in [0.3, 0.4) is 0 Å². The highest BCUT2D eigenvalue weighted by Gasteiger charge is 2.06. The van der Waals surface area contributed by atoms with E-state index in [2.05, 4.69) is 11.1 Å². The molecule has 0 spiro atoms. The first-order valence-electron chi connectivity index (χ1n) is 6.44. The van der Waals surface area contributed by atoms with Gasteiger partial charge in [0.25, 0.3) is 0 Å². The van der Waals surface area contributed by atoms with Crippen LogP contribution in [-0.4, -0.2) is 16.5 Å². The van der Waals surface area contributed by atoms with Gasteiger partial charge in [0.1, 0.15) is 5.49 Å². The van der Waals surface area contributed by atoms with Gasteiger partial charge in [-0.2, -0.15) is 0 Å². The van der Waals surface area contributed by atoms with Crippen molar-refractivity contribution < 1.29 is 4.79 Å². The van der Waals surface area contributed by atoms with E-state index in [-0.39, 0.29) is 11.9 Å². The van der Waals surface area contributed by atoms with Gasteiger partial charge >= 0.3 is 0 Å². The summed E-state index contributed by atoms with van der Waals surface area (Å²) in [7, 11) is 0. The van der Waals surface area contributed by atoms with Gasteiger partial charge in [-0.1, -0.05) is 12.1 Å². The second-order valence-electron chi connectivity index (χ2n) is 4.62. The number of rotatable bonds is 4. The highest BCUT2D eigenvalue weighted by Crippen LogP contribution is 2.11. The maximum absolute atomic E-state index is 12.2. The molecular formula is C15H18N2OS. The molecule has 0 saturated carbocycles. The fraction of sp³-hybridized carbons (Fsp3) is 0.333. The van der Waals surface area contributed by atoms with E-state index in [1.807, 2.05) is 43.5 Å². The van der Waals surface area contributed by atoms with Gasteiger partial charge in [0.05, 0.1) is 0 Å². The minimum absolute atomic E-state index is 0.0911. The molecule has 2 aromatic rings. The summed E-state index contributed by atoms with van der Waals surface area (Å²) in [5.41, 5.74) is 0.730. The summed E-state index contributed by atoms with van der Waals surface area (Å²) in [6.45, 7) is 4.01. The van der Waals surface area contributed by atoms with Gasteiger partial charge in [0.15, 0.2) is 0 Å². The summed E-state index contributed by atoms with van der Waals surface area (Å²) in [5.74, 6) is 0.0911. The first-order valence-corrected chi connectivity index (χ1v) is 7.32. The quantitative estimate of drug-likeness (QED) is 0.843. The maximum atomic E-state index is 12.2. The van der Waals surface area contributed by atoms with Gasteiger partial charge in [0, 0.05) is 23.5 Å². The number of hydrogen-bond donors (Lipinski definition) is 0. The summed E-state index contributed by atoms with van der Waals surface area (Å²) < 4.78 is 1.65. The van der Waals surface area contributed by atoms with Gasteiger partial charge in [-0.3, -0.25) is 14.4 Å². The van der Waals surface area contributed by atoms with E-state index >= 15 is 0 Å². The van der Waals surface area contributed by atoms with Crippen molar-refractivity contribution in [3.8, 4) is 0 Å². The predicted molar refractivity (Wildman–Crippen MR) is 78.4 cm³/mol. The molecule has 0 atom stereocenters. The van der Waals surface area contributed by atoms with E-state index < -0.39 is 0 Å². The summed E-state index contributed by atoms with van der Waals surface area (Å²) in [6, 6.07) is 9.90. The molecule has 2 rings (SSSR count). The molecule has 0 amide bonds. The van der Waals surface area contributed by atoms with Crippen LogP contribution in [0.5, 0.6) is 0 Å². The van der Waals surface area contributed by atoms with Crippen LogP contribution in [-0.2, 0) is 6.42 Å². The van der Waals surface area contributed by atoms with E-state index in [0.29, 0.717) is 6.42 Å². The number of aryl methyl sites for hydroxylation is 1. The lowest BCUT2D eigenvalue weighted by Gasteiger charge is -2.06. The van der Waals surface area contributed by atoms with Crippen molar-refractivity contribution in [2.24, 2.45) is 4.99 Å². The second-order valence-corrected chi connectivity index (χ2v) is 5.66. The van der Waals surface area contributed by atoms with Crippen LogP contribution in [0.1, 0.15) is 29.9 Å². The van der Waals surface area contributed by atoms with Crippen molar-refractivity contribution in [3.05, 3.63) is 52.3 Å². The van der Waals surface area contributed by atoms with Crippen LogP contribution in [0.15, 0.2) is 46.9 Å². The molecule has 0 aliphatic rings. The van der Waals surface area contributed by atoms with E-state index in [1.54, 1.807) is 22.1 Å². The molecular weight excluding hydrogens is 256 g/mol. The molecule has 0 saturated heterocycles. The van der Waals surface area contributed by atoms with Gasteiger partial charge in [0.2, 0.25) is 5.91 Å². The average Bonchev–Trinajstić information content (AvgIpc) is 2.89. The van der Waals surface area contributed by atoms with Crippen molar-refractivity contribution in [1.29, 1.82) is 0 Å².